The Morgan fingerprint density at radius 3 is 2.58 bits per heavy atom. The summed E-state index contributed by atoms with van der Waals surface area (Å²) in [6.07, 6.45) is -3.20. The number of unbranched alkanes of at least 4 members (excludes halogenated alkanes) is 1. The van der Waals surface area contributed by atoms with Crippen LogP contribution < -0.4 is 10.1 Å². The minimum Gasteiger partial charge on any atom is -0.404 e. The average Bonchev–Trinajstić information content (AvgIpc) is 2.31. The van der Waals surface area contributed by atoms with Gasteiger partial charge in [0.1, 0.15) is 5.75 Å². The Kier molecular flexibility index (Phi) is 6.41. The van der Waals surface area contributed by atoms with E-state index in [9.17, 15) is 13.2 Å². The van der Waals surface area contributed by atoms with E-state index in [4.69, 9.17) is 16.7 Å². The Labute approximate surface area is 114 Å². The molecule has 0 radical (unpaired) electrons. The number of halogens is 4. The molecule has 0 aliphatic carbocycles. The highest BCUT2D eigenvalue weighted by atomic mass is 35.5. The Morgan fingerprint density at radius 1 is 1.26 bits per heavy atom. The quantitative estimate of drug-likeness (QED) is 0.760. The molecule has 0 amide bonds. The molecule has 0 saturated heterocycles. The molecule has 3 nitrogen and oxygen atoms in total. The molecule has 7 heteroatoms. The van der Waals surface area contributed by atoms with E-state index in [0.717, 1.165) is 18.5 Å². The van der Waals surface area contributed by atoms with Gasteiger partial charge in [-0.2, -0.15) is 0 Å². The second-order valence-corrected chi connectivity index (χ2v) is 4.33. The fraction of sp³-hybridized carbons (Fsp3) is 0.500. The van der Waals surface area contributed by atoms with Crippen LogP contribution in [-0.4, -0.2) is 24.6 Å². The molecular formula is C12H15ClF3NO2. The third kappa shape index (κ3) is 6.66. The van der Waals surface area contributed by atoms with Crippen LogP contribution in [0.1, 0.15) is 18.4 Å². The number of hydrogen-bond donors (Lipinski definition) is 2. The lowest BCUT2D eigenvalue weighted by molar-refractivity contribution is -0.274. The zero-order valence-corrected chi connectivity index (χ0v) is 10.9. The molecule has 0 unspecified atom stereocenters. The highest BCUT2D eigenvalue weighted by Crippen LogP contribution is 2.30. The van der Waals surface area contributed by atoms with Gasteiger partial charge in [0.25, 0.3) is 0 Å². The zero-order chi connectivity index (χ0) is 14.3. The number of hydrogen-bond acceptors (Lipinski definition) is 3. The van der Waals surface area contributed by atoms with E-state index >= 15 is 0 Å². The molecule has 2 N–H and O–H groups in total. The molecular weight excluding hydrogens is 283 g/mol. The number of ether oxygens (including phenoxy) is 1. The highest BCUT2D eigenvalue weighted by molar-refractivity contribution is 6.32. The third-order valence-corrected chi connectivity index (χ3v) is 2.61. The smallest absolute Gasteiger partial charge is 0.404 e. The molecule has 108 valence electrons. The van der Waals surface area contributed by atoms with Crippen molar-refractivity contribution in [3.8, 4) is 5.75 Å². The number of aliphatic hydroxyl groups excluding tert-OH is 1. The predicted octanol–water partition coefficient (Wildman–Crippen LogP) is 3.10. The first-order valence-electron chi connectivity index (χ1n) is 5.78. The molecule has 0 atom stereocenters. The number of rotatable bonds is 7. The molecule has 0 saturated carbocycles. The molecule has 0 fully saturated rings. The molecule has 1 aromatic carbocycles. The predicted molar refractivity (Wildman–Crippen MR) is 66.2 cm³/mol. The summed E-state index contributed by atoms with van der Waals surface area (Å²) in [6.45, 7) is 1.37. The standard InChI is InChI=1S/C12H15ClF3NO2/c13-10-7-9(8-17-5-1-2-6-18)3-4-11(10)19-12(14,15)16/h3-4,7,17-18H,1-2,5-6,8H2. The summed E-state index contributed by atoms with van der Waals surface area (Å²) in [5.41, 5.74) is 0.767. The fourth-order valence-corrected chi connectivity index (χ4v) is 1.70. The lowest BCUT2D eigenvalue weighted by Gasteiger charge is -2.11. The fourth-order valence-electron chi connectivity index (χ4n) is 1.46. The van der Waals surface area contributed by atoms with E-state index in [1.54, 1.807) is 0 Å². The number of benzene rings is 1. The molecule has 0 heterocycles. The van der Waals surface area contributed by atoms with Gasteiger partial charge in [0.05, 0.1) is 5.02 Å². The van der Waals surface area contributed by atoms with Crippen LogP contribution in [0.4, 0.5) is 13.2 Å². The SMILES string of the molecule is OCCCCNCc1ccc(OC(F)(F)F)c(Cl)c1. The minimum absolute atomic E-state index is 0.0769. The first kappa shape index (κ1) is 16.1. The summed E-state index contributed by atoms with van der Waals surface area (Å²) >= 11 is 5.71. The molecule has 0 aliphatic heterocycles. The highest BCUT2D eigenvalue weighted by Gasteiger charge is 2.31. The van der Waals surface area contributed by atoms with Gasteiger partial charge in [-0.25, -0.2) is 0 Å². The average molecular weight is 298 g/mol. The van der Waals surface area contributed by atoms with E-state index in [1.165, 1.54) is 18.2 Å². The van der Waals surface area contributed by atoms with Crippen LogP contribution in [0.3, 0.4) is 0 Å². The molecule has 0 spiro atoms. The second-order valence-electron chi connectivity index (χ2n) is 3.92. The van der Waals surface area contributed by atoms with Crippen molar-refractivity contribution in [3.05, 3.63) is 28.8 Å². The van der Waals surface area contributed by atoms with Crippen LogP contribution in [-0.2, 0) is 6.54 Å². The van der Waals surface area contributed by atoms with Crippen molar-refractivity contribution in [2.24, 2.45) is 0 Å². The summed E-state index contributed by atoms with van der Waals surface area (Å²) < 4.78 is 39.9. The van der Waals surface area contributed by atoms with Crippen LogP contribution in [0.25, 0.3) is 0 Å². The van der Waals surface area contributed by atoms with Gasteiger partial charge in [-0.3, -0.25) is 0 Å². The van der Waals surface area contributed by atoms with E-state index in [-0.39, 0.29) is 11.6 Å². The van der Waals surface area contributed by atoms with Crippen LogP contribution >= 0.6 is 11.6 Å². The summed E-state index contributed by atoms with van der Waals surface area (Å²) in [7, 11) is 0. The van der Waals surface area contributed by atoms with Gasteiger partial charge in [-0.1, -0.05) is 17.7 Å². The van der Waals surface area contributed by atoms with E-state index in [1.807, 2.05) is 0 Å². The molecule has 1 rings (SSSR count). The molecule has 1 aromatic rings. The third-order valence-electron chi connectivity index (χ3n) is 2.31. The van der Waals surface area contributed by atoms with Crippen LogP contribution in [0.15, 0.2) is 18.2 Å². The van der Waals surface area contributed by atoms with Gasteiger partial charge in [-0.05, 0) is 37.1 Å². The maximum atomic E-state index is 12.0. The van der Waals surface area contributed by atoms with Gasteiger partial charge in [0.15, 0.2) is 0 Å². The van der Waals surface area contributed by atoms with Crippen molar-refractivity contribution in [1.29, 1.82) is 0 Å². The van der Waals surface area contributed by atoms with Crippen molar-refractivity contribution >= 4 is 11.6 Å². The van der Waals surface area contributed by atoms with Crippen molar-refractivity contribution in [1.82, 2.24) is 5.32 Å². The van der Waals surface area contributed by atoms with Gasteiger partial charge < -0.3 is 15.2 Å². The normalized spacial score (nSPS) is 11.6. The maximum absolute atomic E-state index is 12.0. The van der Waals surface area contributed by atoms with E-state index in [0.29, 0.717) is 13.0 Å². The van der Waals surface area contributed by atoms with Crippen LogP contribution in [0.5, 0.6) is 5.75 Å². The summed E-state index contributed by atoms with van der Waals surface area (Å²) in [5, 5.41) is 11.6. The molecule has 0 aliphatic rings. The lowest BCUT2D eigenvalue weighted by Crippen LogP contribution is -2.18. The first-order valence-corrected chi connectivity index (χ1v) is 6.16. The molecule has 0 bridgehead atoms. The monoisotopic (exact) mass is 297 g/mol. The first-order chi connectivity index (χ1) is 8.92. The summed E-state index contributed by atoms with van der Waals surface area (Å²) in [4.78, 5) is 0. The van der Waals surface area contributed by atoms with Gasteiger partial charge in [-0.15, -0.1) is 13.2 Å². The maximum Gasteiger partial charge on any atom is 0.573 e. The van der Waals surface area contributed by atoms with Crippen LogP contribution in [0, 0.1) is 0 Å². The minimum atomic E-state index is -4.74. The number of alkyl halides is 3. The van der Waals surface area contributed by atoms with Crippen molar-refractivity contribution in [2.45, 2.75) is 25.7 Å². The van der Waals surface area contributed by atoms with E-state index < -0.39 is 12.1 Å². The molecule has 19 heavy (non-hydrogen) atoms. The Bertz CT molecular complexity index is 399. The lowest BCUT2D eigenvalue weighted by atomic mass is 10.2. The van der Waals surface area contributed by atoms with Crippen molar-refractivity contribution < 1.29 is 23.0 Å². The second kappa shape index (κ2) is 7.57. The molecule has 0 aromatic heterocycles. The summed E-state index contributed by atoms with van der Waals surface area (Å²) in [6, 6.07) is 4.15. The van der Waals surface area contributed by atoms with Gasteiger partial charge >= 0.3 is 6.36 Å². The topological polar surface area (TPSA) is 41.5 Å². The van der Waals surface area contributed by atoms with E-state index in [2.05, 4.69) is 10.1 Å². The summed E-state index contributed by atoms with van der Waals surface area (Å²) in [5.74, 6) is -0.404. The van der Waals surface area contributed by atoms with Gasteiger partial charge in [0, 0.05) is 13.2 Å². The largest absolute Gasteiger partial charge is 0.573 e. The zero-order valence-electron chi connectivity index (χ0n) is 10.1. The van der Waals surface area contributed by atoms with Crippen molar-refractivity contribution in [2.75, 3.05) is 13.2 Å². The Balaban J connectivity index is 2.47. The Hall–Kier alpha value is -0.980. The number of aliphatic hydroxyl groups is 1. The Morgan fingerprint density at radius 2 is 2.00 bits per heavy atom. The number of nitrogens with one attached hydrogen (secondary N) is 1. The van der Waals surface area contributed by atoms with Gasteiger partial charge in [0.2, 0.25) is 0 Å². The van der Waals surface area contributed by atoms with Crippen molar-refractivity contribution in [3.63, 3.8) is 0 Å². The van der Waals surface area contributed by atoms with Crippen LogP contribution in [0.2, 0.25) is 5.02 Å².